The van der Waals surface area contributed by atoms with Crippen LogP contribution in [0.5, 0.6) is 0 Å². The lowest BCUT2D eigenvalue weighted by molar-refractivity contribution is -0.477. The number of nitrogens with zero attached hydrogens (tertiary/aromatic N) is 1. The molecule has 0 bridgehead atoms. The van der Waals surface area contributed by atoms with Crippen LogP contribution in [-0.4, -0.2) is 50.1 Å². The van der Waals surface area contributed by atoms with Crippen LogP contribution >= 0.6 is 0 Å². The van der Waals surface area contributed by atoms with Crippen molar-refractivity contribution in [3.8, 4) is 0 Å². The highest BCUT2D eigenvalue weighted by Crippen LogP contribution is 2.07. The van der Waals surface area contributed by atoms with Crippen molar-refractivity contribution in [1.82, 2.24) is 15.5 Å². The first-order valence-corrected chi connectivity index (χ1v) is 7.57. The lowest BCUT2D eigenvalue weighted by Gasteiger charge is -2.21. The van der Waals surface area contributed by atoms with Crippen LogP contribution in [0.4, 0.5) is 0 Å². The number of hydrogen-bond acceptors (Lipinski definition) is 3. The number of guanidine groups is 1. The normalized spacial score (nSPS) is 17.5. The Hall–Kier alpha value is -1.63. The number of benzene rings is 1. The topological polar surface area (TPSA) is 93.3 Å². The number of hydrogen-bond donors (Lipinski definition) is 5. The van der Waals surface area contributed by atoms with E-state index in [0.29, 0.717) is 6.54 Å². The highest BCUT2D eigenvalue weighted by Gasteiger charge is 2.08. The van der Waals surface area contributed by atoms with E-state index in [1.54, 1.807) is 0 Å². The van der Waals surface area contributed by atoms with Gasteiger partial charge in [-0.2, -0.15) is 0 Å². The monoisotopic (exact) mass is 291 g/mol. The summed E-state index contributed by atoms with van der Waals surface area (Å²) in [5.41, 5.74) is 13.4. The van der Waals surface area contributed by atoms with Crippen molar-refractivity contribution >= 4 is 5.96 Å². The van der Waals surface area contributed by atoms with E-state index in [2.05, 4.69) is 44.8 Å². The van der Waals surface area contributed by atoms with Crippen molar-refractivity contribution in [2.45, 2.75) is 13.1 Å². The fraction of sp³-hybridized carbons (Fsp3) is 0.533. The molecular weight excluding hydrogens is 264 g/mol. The molecule has 0 amide bonds. The van der Waals surface area contributed by atoms with E-state index < -0.39 is 0 Å². The molecule has 0 radical (unpaired) electrons. The second kappa shape index (κ2) is 8.61. The molecule has 21 heavy (non-hydrogen) atoms. The summed E-state index contributed by atoms with van der Waals surface area (Å²) in [6.07, 6.45) is 0. The molecule has 0 atom stereocenters. The van der Waals surface area contributed by atoms with Gasteiger partial charge in [-0.05, 0) is 11.1 Å². The Labute approximate surface area is 126 Å². The summed E-state index contributed by atoms with van der Waals surface area (Å²) < 4.78 is 0. The van der Waals surface area contributed by atoms with E-state index in [9.17, 15) is 0 Å². The van der Waals surface area contributed by atoms with Crippen molar-refractivity contribution in [3.63, 3.8) is 0 Å². The summed E-state index contributed by atoms with van der Waals surface area (Å²) in [5.74, 6) is 0.262. The van der Waals surface area contributed by atoms with Crippen molar-refractivity contribution in [1.29, 1.82) is 0 Å². The molecule has 116 valence electrons. The lowest BCUT2D eigenvalue weighted by atomic mass is 10.1. The number of rotatable bonds is 4. The van der Waals surface area contributed by atoms with Crippen LogP contribution in [0.15, 0.2) is 24.3 Å². The zero-order valence-electron chi connectivity index (χ0n) is 12.6. The number of nitrogens with one attached hydrogen (secondary N) is 3. The minimum absolute atomic E-state index is 0.262. The molecule has 1 fully saturated rings. The Kier molecular flexibility index (Phi) is 6.46. The van der Waals surface area contributed by atoms with Crippen LogP contribution in [0.3, 0.4) is 0 Å². The Morgan fingerprint density at radius 3 is 2.38 bits per heavy atom. The van der Waals surface area contributed by atoms with Gasteiger partial charge in [0.1, 0.15) is 0 Å². The van der Waals surface area contributed by atoms with E-state index in [4.69, 9.17) is 11.5 Å². The van der Waals surface area contributed by atoms with Gasteiger partial charge in [-0.1, -0.05) is 24.3 Å². The van der Waals surface area contributed by atoms with E-state index >= 15 is 0 Å². The molecule has 0 aromatic heterocycles. The average Bonchev–Trinajstić information content (AvgIpc) is 2.60. The highest BCUT2D eigenvalue weighted by atomic mass is 15.2. The average molecular weight is 291 g/mol. The first kappa shape index (κ1) is 15.8. The van der Waals surface area contributed by atoms with Crippen molar-refractivity contribution in [2.24, 2.45) is 11.5 Å². The third-order valence-corrected chi connectivity index (χ3v) is 3.58. The van der Waals surface area contributed by atoms with Crippen molar-refractivity contribution in [3.05, 3.63) is 35.4 Å². The molecule has 0 unspecified atom stereocenters. The van der Waals surface area contributed by atoms with Crippen LogP contribution in [0.2, 0.25) is 0 Å². The molecule has 6 nitrogen and oxygen atoms in total. The van der Waals surface area contributed by atoms with Gasteiger partial charge in [0.15, 0.2) is 0 Å². The van der Waals surface area contributed by atoms with Gasteiger partial charge in [-0.3, -0.25) is 21.4 Å². The van der Waals surface area contributed by atoms with Crippen molar-refractivity contribution < 1.29 is 4.99 Å². The van der Waals surface area contributed by atoms with Crippen LogP contribution in [-0.2, 0) is 13.1 Å². The van der Waals surface area contributed by atoms with E-state index in [0.717, 1.165) is 45.8 Å². The molecular formula is C15H27N6+. The summed E-state index contributed by atoms with van der Waals surface area (Å²) >= 11 is 0. The molecule has 1 heterocycles. The fourth-order valence-electron chi connectivity index (χ4n) is 2.47. The van der Waals surface area contributed by atoms with E-state index in [1.807, 2.05) is 0 Å². The first-order valence-electron chi connectivity index (χ1n) is 7.57. The Balaban J connectivity index is 1.93. The zero-order chi connectivity index (χ0) is 14.9. The van der Waals surface area contributed by atoms with E-state index in [-0.39, 0.29) is 5.96 Å². The molecule has 0 saturated carbocycles. The first-order chi connectivity index (χ1) is 10.2. The third-order valence-electron chi connectivity index (χ3n) is 3.58. The van der Waals surface area contributed by atoms with E-state index in [1.165, 1.54) is 11.1 Å². The smallest absolute Gasteiger partial charge is 0.314 e. The standard InChI is InChI=1S/C15H26N6/c16-15(17)20-11-13-2-1-3-14(10-13)12-21-8-6-18-4-5-19-7-9-21/h1-3,10,18-19H,4-9,11-12H2,(H4,16,17,20)/p+1. The van der Waals surface area contributed by atoms with Crippen LogP contribution in [0.25, 0.3) is 0 Å². The molecule has 1 aliphatic rings. The molecule has 6 heteroatoms. The summed E-state index contributed by atoms with van der Waals surface area (Å²) in [6, 6.07) is 8.56. The number of nitrogens with two attached hydrogens (primary N) is 2. The third kappa shape index (κ3) is 6.12. The second-order valence-electron chi connectivity index (χ2n) is 5.40. The molecule has 0 spiro atoms. The molecule has 1 aromatic rings. The van der Waals surface area contributed by atoms with Gasteiger partial charge in [0.2, 0.25) is 0 Å². The molecule has 1 aliphatic heterocycles. The fourth-order valence-corrected chi connectivity index (χ4v) is 2.47. The summed E-state index contributed by atoms with van der Waals surface area (Å²) in [4.78, 5) is 5.43. The van der Waals surface area contributed by atoms with Gasteiger partial charge in [0.05, 0.1) is 6.54 Å². The highest BCUT2D eigenvalue weighted by molar-refractivity contribution is 5.69. The van der Waals surface area contributed by atoms with Crippen LogP contribution < -0.4 is 27.1 Å². The Morgan fingerprint density at radius 1 is 1.05 bits per heavy atom. The predicted molar refractivity (Wildman–Crippen MR) is 85.5 cm³/mol. The van der Waals surface area contributed by atoms with Crippen molar-refractivity contribution in [2.75, 3.05) is 39.3 Å². The minimum atomic E-state index is 0.262. The Bertz CT molecular complexity index is 445. The van der Waals surface area contributed by atoms with Gasteiger partial charge in [0.25, 0.3) is 0 Å². The predicted octanol–water partition coefficient (Wildman–Crippen LogP) is -2.46. The zero-order valence-corrected chi connectivity index (χ0v) is 12.6. The minimum Gasteiger partial charge on any atom is -0.314 e. The largest absolute Gasteiger partial charge is 0.339 e. The molecule has 1 saturated heterocycles. The summed E-state index contributed by atoms with van der Waals surface area (Å²) in [5, 5.41) is 6.88. The van der Waals surface area contributed by atoms with Gasteiger partial charge in [-0.25, -0.2) is 0 Å². The molecule has 7 N–H and O–H groups in total. The SMILES string of the molecule is NC(N)=[NH+]Cc1cccc(CN2CCNCCNCC2)c1. The van der Waals surface area contributed by atoms with Gasteiger partial charge >= 0.3 is 5.96 Å². The quantitative estimate of drug-likeness (QED) is 0.313. The van der Waals surface area contributed by atoms with Crippen LogP contribution in [0.1, 0.15) is 11.1 Å². The second-order valence-corrected chi connectivity index (χ2v) is 5.40. The van der Waals surface area contributed by atoms with Gasteiger partial charge in [0, 0.05) is 45.8 Å². The molecule has 2 rings (SSSR count). The van der Waals surface area contributed by atoms with Gasteiger partial charge < -0.3 is 10.6 Å². The lowest BCUT2D eigenvalue weighted by Crippen LogP contribution is -2.76. The maximum absolute atomic E-state index is 5.44. The van der Waals surface area contributed by atoms with Gasteiger partial charge in [-0.15, -0.1) is 0 Å². The summed E-state index contributed by atoms with van der Waals surface area (Å²) in [6.45, 7) is 7.97. The summed E-state index contributed by atoms with van der Waals surface area (Å²) in [7, 11) is 0. The maximum atomic E-state index is 5.44. The molecule has 0 aliphatic carbocycles. The van der Waals surface area contributed by atoms with Crippen LogP contribution in [0, 0.1) is 0 Å². The Morgan fingerprint density at radius 2 is 1.71 bits per heavy atom. The molecule has 1 aromatic carbocycles. The maximum Gasteiger partial charge on any atom is 0.339 e.